The van der Waals surface area contributed by atoms with E-state index >= 15 is 0 Å². The van der Waals surface area contributed by atoms with Crippen LogP contribution in [0.3, 0.4) is 0 Å². The second kappa shape index (κ2) is 6.37. The monoisotopic (exact) mass is 389 g/mol. The van der Waals surface area contributed by atoms with E-state index in [9.17, 15) is 8.42 Å². The molecule has 0 bridgehead atoms. The van der Waals surface area contributed by atoms with Crippen LogP contribution in [0.15, 0.2) is 32.9 Å². The molecule has 0 unspecified atom stereocenters. The molecule has 1 N–H and O–H groups in total. The lowest BCUT2D eigenvalue weighted by atomic mass is 10.2. The number of ether oxygens (including phenoxy) is 1. The van der Waals surface area contributed by atoms with Crippen LogP contribution in [0.4, 0.5) is 5.69 Å². The Bertz CT molecular complexity index is 754. The zero-order chi connectivity index (χ0) is 15.6. The highest BCUT2D eigenvalue weighted by atomic mass is 79.9. The van der Waals surface area contributed by atoms with Crippen LogP contribution >= 0.6 is 27.3 Å². The van der Waals surface area contributed by atoms with Gasteiger partial charge in [0.25, 0.3) is 10.0 Å². The van der Waals surface area contributed by atoms with Crippen molar-refractivity contribution in [1.82, 2.24) is 0 Å². The third kappa shape index (κ3) is 3.78. The van der Waals surface area contributed by atoms with E-state index in [-0.39, 0.29) is 4.90 Å². The Balaban J connectivity index is 2.39. The summed E-state index contributed by atoms with van der Waals surface area (Å²) in [5.41, 5.74) is 1.46. The zero-order valence-electron chi connectivity index (χ0n) is 11.9. The van der Waals surface area contributed by atoms with Crippen molar-refractivity contribution in [3.05, 3.63) is 38.5 Å². The second-order valence-electron chi connectivity index (χ2n) is 4.51. The quantitative estimate of drug-likeness (QED) is 0.827. The first-order valence-corrected chi connectivity index (χ1v) is 9.45. The Morgan fingerprint density at radius 1 is 1.29 bits per heavy atom. The molecule has 0 atom stereocenters. The van der Waals surface area contributed by atoms with Crippen LogP contribution in [-0.2, 0) is 10.0 Å². The normalized spacial score (nSPS) is 11.4. The van der Waals surface area contributed by atoms with Crippen LogP contribution in [0.1, 0.15) is 17.4 Å². The SMILES string of the molecule is CCOc1cc(C)ccc1NS(=O)(=O)c1cc(Br)sc1C. The van der Waals surface area contributed by atoms with Gasteiger partial charge in [-0.3, -0.25) is 4.72 Å². The Morgan fingerprint density at radius 2 is 2.00 bits per heavy atom. The number of anilines is 1. The van der Waals surface area contributed by atoms with Gasteiger partial charge >= 0.3 is 0 Å². The van der Waals surface area contributed by atoms with Gasteiger partial charge in [0.1, 0.15) is 10.6 Å². The van der Waals surface area contributed by atoms with Crippen molar-refractivity contribution in [2.24, 2.45) is 0 Å². The largest absolute Gasteiger partial charge is 0.492 e. The summed E-state index contributed by atoms with van der Waals surface area (Å²) in [6.07, 6.45) is 0. The maximum atomic E-state index is 12.5. The van der Waals surface area contributed by atoms with Gasteiger partial charge in [-0.25, -0.2) is 8.42 Å². The number of aryl methyl sites for hydroxylation is 2. The minimum Gasteiger partial charge on any atom is -0.492 e. The lowest BCUT2D eigenvalue weighted by Gasteiger charge is -2.13. The van der Waals surface area contributed by atoms with Crippen molar-refractivity contribution >= 4 is 43.0 Å². The molecule has 4 nitrogen and oxygen atoms in total. The molecule has 0 saturated heterocycles. The molecule has 1 heterocycles. The molecule has 2 rings (SSSR count). The van der Waals surface area contributed by atoms with E-state index in [4.69, 9.17) is 4.74 Å². The Morgan fingerprint density at radius 3 is 2.57 bits per heavy atom. The standard InChI is InChI=1S/C14H16BrNO3S2/c1-4-19-12-7-9(2)5-6-11(12)16-21(17,18)13-8-14(15)20-10(13)3/h5-8,16H,4H2,1-3H3. The second-order valence-corrected chi connectivity index (χ2v) is 8.80. The van der Waals surface area contributed by atoms with Gasteiger partial charge in [-0.2, -0.15) is 0 Å². The Labute approximate surface area is 137 Å². The Kier molecular flexibility index (Phi) is 4.95. The maximum absolute atomic E-state index is 12.5. The van der Waals surface area contributed by atoms with Gasteiger partial charge in [0.05, 0.1) is 16.1 Å². The van der Waals surface area contributed by atoms with Gasteiger partial charge in [-0.1, -0.05) is 6.07 Å². The summed E-state index contributed by atoms with van der Waals surface area (Å²) in [4.78, 5) is 1.02. The Hall–Kier alpha value is -1.05. The van der Waals surface area contributed by atoms with Crippen molar-refractivity contribution in [3.8, 4) is 5.75 Å². The summed E-state index contributed by atoms with van der Waals surface area (Å²) < 4.78 is 33.9. The van der Waals surface area contributed by atoms with Crippen molar-refractivity contribution < 1.29 is 13.2 Å². The lowest BCUT2D eigenvalue weighted by molar-refractivity contribution is 0.342. The fourth-order valence-corrected chi connectivity index (χ4v) is 5.37. The molecule has 0 radical (unpaired) electrons. The topological polar surface area (TPSA) is 55.4 Å². The van der Waals surface area contributed by atoms with E-state index in [0.717, 1.165) is 14.2 Å². The highest BCUT2D eigenvalue weighted by Crippen LogP contribution is 2.33. The van der Waals surface area contributed by atoms with Crippen molar-refractivity contribution in [1.29, 1.82) is 0 Å². The molecule has 0 aliphatic rings. The summed E-state index contributed by atoms with van der Waals surface area (Å²) in [6.45, 7) is 6.05. The first-order chi connectivity index (χ1) is 9.83. The van der Waals surface area contributed by atoms with E-state index in [2.05, 4.69) is 20.7 Å². The lowest BCUT2D eigenvalue weighted by Crippen LogP contribution is -2.14. The molecule has 0 aliphatic carbocycles. The predicted molar refractivity (Wildman–Crippen MR) is 89.9 cm³/mol. The van der Waals surface area contributed by atoms with Crippen LogP contribution < -0.4 is 9.46 Å². The average molecular weight is 390 g/mol. The van der Waals surface area contributed by atoms with Gasteiger partial charge in [0.15, 0.2) is 0 Å². The van der Waals surface area contributed by atoms with Gasteiger partial charge in [0, 0.05) is 4.88 Å². The van der Waals surface area contributed by atoms with Crippen LogP contribution in [0.2, 0.25) is 0 Å². The van der Waals surface area contributed by atoms with Crippen molar-refractivity contribution in [2.75, 3.05) is 11.3 Å². The van der Waals surface area contributed by atoms with E-state index in [1.807, 2.05) is 26.0 Å². The molecule has 2 aromatic rings. The number of halogens is 1. The number of hydrogen-bond acceptors (Lipinski definition) is 4. The molecule has 0 amide bonds. The van der Waals surface area contributed by atoms with E-state index < -0.39 is 10.0 Å². The predicted octanol–water partition coefficient (Wildman–Crippen LogP) is 4.33. The third-order valence-corrected chi connectivity index (χ3v) is 5.99. The van der Waals surface area contributed by atoms with Crippen LogP contribution in [0, 0.1) is 13.8 Å². The highest BCUT2D eigenvalue weighted by Gasteiger charge is 2.21. The number of rotatable bonds is 5. The minimum atomic E-state index is -3.63. The summed E-state index contributed by atoms with van der Waals surface area (Å²) in [5, 5.41) is 0. The smallest absolute Gasteiger partial charge is 0.263 e. The number of nitrogens with one attached hydrogen (secondary N) is 1. The molecule has 7 heteroatoms. The molecule has 0 fully saturated rings. The van der Waals surface area contributed by atoms with Gasteiger partial charge in [-0.05, 0) is 60.5 Å². The average Bonchev–Trinajstić information content (AvgIpc) is 2.73. The first kappa shape index (κ1) is 16.3. The number of sulfonamides is 1. The molecule has 1 aromatic carbocycles. The molecule has 114 valence electrons. The highest BCUT2D eigenvalue weighted by molar-refractivity contribution is 9.11. The van der Waals surface area contributed by atoms with Crippen molar-refractivity contribution in [3.63, 3.8) is 0 Å². The first-order valence-electron chi connectivity index (χ1n) is 6.35. The van der Waals surface area contributed by atoms with Crippen LogP contribution in [0.5, 0.6) is 5.75 Å². The fourth-order valence-electron chi connectivity index (χ4n) is 1.89. The van der Waals surface area contributed by atoms with E-state index in [1.165, 1.54) is 11.3 Å². The molecular formula is C14H16BrNO3S2. The summed E-state index contributed by atoms with van der Waals surface area (Å²) in [5.74, 6) is 0.535. The van der Waals surface area contributed by atoms with Gasteiger partial charge in [-0.15, -0.1) is 11.3 Å². The molecule has 1 aromatic heterocycles. The minimum absolute atomic E-state index is 0.280. The van der Waals surface area contributed by atoms with Crippen LogP contribution in [0.25, 0.3) is 0 Å². The zero-order valence-corrected chi connectivity index (χ0v) is 15.2. The third-order valence-electron chi connectivity index (χ3n) is 2.81. The maximum Gasteiger partial charge on any atom is 0.263 e. The molecule has 0 aliphatic heterocycles. The molecule has 0 spiro atoms. The fraction of sp³-hybridized carbons (Fsp3) is 0.286. The molecule has 0 saturated carbocycles. The van der Waals surface area contributed by atoms with E-state index in [0.29, 0.717) is 18.0 Å². The number of benzene rings is 1. The summed E-state index contributed by atoms with van der Waals surface area (Å²) in [7, 11) is -3.63. The van der Waals surface area contributed by atoms with Crippen LogP contribution in [-0.4, -0.2) is 15.0 Å². The van der Waals surface area contributed by atoms with Crippen molar-refractivity contribution in [2.45, 2.75) is 25.7 Å². The summed E-state index contributed by atoms with van der Waals surface area (Å²) >= 11 is 4.70. The molecule has 21 heavy (non-hydrogen) atoms. The van der Waals surface area contributed by atoms with E-state index in [1.54, 1.807) is 19.1 Å². The number of hydrogen-bond donors (Lipinski definition) is 1. The van der Waals surface area contributed by atoms with Gasteiger partial charge < -0.3 is 4.74 Å². The van der Waals surface area contributed by atoms with Gasteiger partial charge in [0.2, 0.25) is 0 Å². The molecular weight excluding hydrogens is 374 g/mol. The summed E-state index contributed by atoms with van der Waals surface area (Å²) in [6, 6.07) is 6.99. The number of thiophene rings is 1.